The van der Waals surface area contributed by atoms with Gasteiger partial charge < -0.3 is 14.9 Å². The van der Waals surface area contributed by atoms with Gasteiger partial charge in [-0.2, -0.15) is 0 Å². The lowest BCUT2D eigenvalue weighted by Crippen LogP contribution is -2.47. The summed E-state index contributed by atoms with van der Waals surface area (Å²) in [4.78, 5) is 11.8. The number of piperidine rings is 2. The Kier molecular flexibility index (Phi) is 9.08. The number of phenolic OH excluding ortho intramolecular Hbond substituents is 1. The van der Waals surface area contributed by atoms with E-state index in [1.54, 1.807) is 0 Å². The van der Waals surface area contributed by atoms with Crippen LogP contribution in [0.2, 0.25) is 0 Å². The second-order valence-corrected chi connectivity index (χ2v) is 18.3. The Morgan fingerprint density at radius 3 is 2.05 bits per heavy atom. The molecule has 8 heteroatoms. The van der Waals surface area contributed by atoms with Gasteiger partial charge in [-0.25, -0.2) is 0 Å². The van der Waals surface area contributed by atoms with E-state index in [1.165, 1.54) is 80.3 Å². The lowest BCUT2D eigenvalue weighted by molar-refractivity contribution is 0.167. The van der Waals surface area contributed by atoms with Crippen LogP contribution in [-0.4, -0.2) is 51.8 Å². The number of nitrogens with zero attached hydrogens (tertiary/aromatic N) is 6. The first-order valence-electron chi connectivity index (χ1n) is 20.9. The summed E-state index contributed by atoms with van der Waals surface area (Å²) in [7, 11) is 0. The normalized spacial score (nSPS) is 21.4. The van der Waals surface area contributed by atoms with E-state index in [1.807, 2.05) is 30.4 Å². The molecule has 1 N–H and O–H groups in total. The van der Waals surface area contributed by atoms with Gasteiger partial charge >= 0.3 is 0 Å². The highest BCUT2D eigenvalue weighted by Crippen LogP contribution is 2.48. The maximum Gasteiger partial charge on any atom is 0.162 e. The van der Waals surface area contributed by atoms with Crippen LogP contribution >= 0.6 is 11.3 Å². The van der Waals surface area contributed by atoms with Crippen molar-refractivity contribution in [3.63, 3.8) is 0 Å². The fourth-order valence-corrected chi connectivity index (χ4v) is 11.7. The van der Waals surface area contributed by atoms with Crippen LogP contribution in [0.1, 0.15) is 112 Å². The number of aryl methyl sites for hydroxylation is 3. The Morgan fingerprint density at radius 2 is 1.39 bits per heavy atom. The molecule has 6 aromatic rings. The fourth-order valence-electron chi connectivity index (χ4n) is 10.5. The predicted molar refractivity (Wildman–Crippen MR) is 233 cm³/mol. The predicted octanol–water partition coefficient (Wildman–Crippen LogP) is 10.6. The number of phenols is 1. The largest absolute Gasteiger partial charge is 0.508 e. The van der Waals surface area contributed by atoms with Crippen LogP contribution in [0.25, 0.3) is 5.00 Å². The second kappa shape index (κ2) is 14.3. The molecule has 10 rings (SSSR count). The summed E-state index contributed by atoms with van der Waals surface area (Å²) in [5, 5.41) is 20.4. The molecule has 3 atom stereocenters. The third-order valence-electron chi connectivity index (χ3n) is 13.9. The van der Waals surface area contributed by atoms with Crippen LogP contribution in [0, 0.1) is 26.2 Å². The monoisotopic (exact) mass is 772 g/mol. The molecule has 2 aromatic heterocycles. The zero-order chi connectivity index (χ0) is 38.8. The quantitative estimate of drug-likeness (QED) is 0.189. The van der Waals surface area contributed by atoms with Crippen LogP contribution in [0.4, 0.5) is 11.4 Å². The highest BCUT2D eigenvalue weighted by molar-refractivity contribution is 7.15. The summed E-state index contributed by atoms with van der Waals surface area (Å²) in [6.45, 7) is 13.0. The average Bonchev–Trinajstić information content (AvgIpc) is 3.73. The maximum absolute atomic E-state index is 10.3. The zero-order valence-corrected chi connectivity index (χ0v) is 34.4. The van der Waals surface area contributed by atoms with Gasteiger partial charge in [0, 0.05) is 59.5 Å². The number of rotatable bonds is 5. The number of hydrogen-bond acceptors (Lipinski definition) is 7. The number of hydrogen-bond donors (Lipinski definition) is 1. The van der Waals surface area contributed by atoms with Crippen molar-refractivity contribution < 1.29 is 5.11 Å². The first-order chi connectivity index (χ1) is 27.7. The van der Waals surface area contributed by atoms with Crippen molar-refractivity contribution in [2.24, 2.45) is 10.4 Å². The van der Waals surface area contributed by atoms with E-state index in [0.29, 0.717) is 17.1 Å². The smallest absolute Gasteiger partial charge is 0.162 e. The van der Waals surface area contributed by atoms with Crippen LogP contribution in [0.3, 0.4) is 0 Å². The van der Waals surface area contributed by atoms with Gasteiger partial charge in [0.05, 0.1) is 5.71 Å². The lowest BCUT2D eigenvalue weighted by Gasteiger charge is -2.48. The number of benzene rings is 4. The van der Waals surface area contributed by atoms with Gasteiger partial charge in [0.15, 0.2) is 5.82 Å². The minimum Gasteiger partial charge on any atom is -0.508 e. The van der Waals surface area contributed by atoms with Crippen molar-refractivity contribution in [1.82, 2.24) is 14.8 Å². The van der Waals surface area contributed by atoms with E-state index in [2.05, 4.69) is 130 Å². The lowest BCUT2D eigenvalue weighted by atomic mass is 9.69. The zero-order valence-electron chi connectivity index (χ0n) is 33.6. The molecule has 1 aliphatic carbocycles. The van der Waals surface area contributed by atoms with Gasteiger partial charge in [0.1, 0.15) is 22.6 Å². The van der Waals surface area contributed by atoms with E-state index < -0.39 is 0 Å². The van der Waals surface area contributed by atoms with Gasteiger partial charge in [0.2, 0.25) is 0 Å². The van der Waals surface area contributed by atoms with Gasteiger partial charge in [-0.1, -0.05) is 60.7 Å². The van der Waals surface area contributed by atoms with Crippen LogP contribution < -0.4 is 9.80 Å². The third-order valence-corrected chi connectivity index (χ3v) is 15.1. The topological polar surface area (TPSA) is 69.8 Å². The van der Waals surface area contributed by atoms with Gasteiger partial charge in [0.25, 0.3) is 0 Å². The summed E-state index contributed by atoms with van der Waals surface area (Å²) < 4.78 is 2.21. The highest BCUT2D eigenvalue weighted by atomic mass is 32.1. The van der Waals surface area contributed by atoms with Crippen molar-refractivity contribution in [3.05, 3.63) is 153 Å². The molecular weight excluding hydrogens is 721 g/mol. The molecule has 0 saturated carbocycles. The summed E-state index contributed by atoms with van der Waals surface area (Å²) in [5.41, 5.74) is 13.2. The highest BCUT2D eigenvalue weighted by Gasteiger charge is 2.38. The van der Waals surface area contributed by atoms with Crippen LogP contribution in [-0.2, 0) is 6.42 Å². The molecule has 0 unspecified atom stereocenters. The summed E-state index contributed by atoms with van der Waals surface area (Å²) in [6.07, 6.45) is 7.08. The summed E-state index contributed by atoms with van der Waals surface area (Å²) in [6, 6.07) is 35.6. The molecule has 4 aliphatic rings. The molecule has 57 heavy (non-hydrogen) atoms. The molecule has 4 aromatic carbocycles. The third kappa shape index (κ3) is 6.37. The van der Waals surface area contributed by atoms with Crippen LogP contribution in [0.15, 0.2) is 102 Å². The Bertz CT molecular complexity index is 2450. The van der Waals surface area contributed by atoms with Crippen molar-refractivity contribution in [2.75, 3.05) is 36.0 Å². The molecule has 1 spiro atoms. The molecule has 0 bridgehead atoms. The molecule has 2 fully saturated rings. The van der Waals surface area contributed by atoms with Gasteiger partial charge in [-0.3, -0.25) is 9.56 Å². The molecule has 290 valence electrons. The fraction of sp³-hybridized carbons (Fsp3) is 0.367. The number of fused-ring (bicyclic) bond motifs is 4. The van der Waals surface area contributed by atoms with E-state index in [-0.39, 0.29) is 12.0 Å². The van der Waals surface area contributed by atoms with Crippen molar-refractivity contribution in [2.45, 2.75) is 84.1 Å². The minimum atomic E-state index is -0.0754. The Labute approximate surface area is 340 Å². The molecule has 0 amide bonds. The first-order valence-corrected chi connectivity index (χ1v) is 21.7. The second-order valence-electron chi connectivity index (χ2n) is 17.1. The number of aromatic nitrogens is 3. The van der Waals surface area contributed by atoms with E-state index >= 15 is 0 Å². The van der Waals surface area contributed by atoms with Crippen molar-refractivity contribution in [3.8, 4) is 10.8 Å². The molecule has 3 aliphatic heterocycles. The van der Waals surface area contributed by atoms with Crippen molar-refractivity contribution in [1.29, 1.82) is 0 Å². The maximum atomic E-state index is 10.3. The molecule has 0 radical (unpaired) electrons. The molecular formula is C49H52N6OS. The van der Waals surface area contributed by atoms with Crippen LogP contribution in [0.5, 0.6) is 5.75 Å². The van der Waals surface area contributed by atoms with Crippen molar-refractivity contribution >= 4 is 28.4 Å². The minimum absolute atomic E-state index is 0.0754. The Balaban J connectivity index is 0.800. The number of thiophene rings is 1. The summed E-state index contributed by atoms with van der Waals surface area (Å²) >= 11 is 1.82. The number of aromatic hydroxyl groups is 1. The summed E-state index contributed by atoms with van der Waals surface area (Å²) in [5.74, 6) is 2.89. The SMILES string of the molecule is Cc1sc2c(c1C)C(c1ccc(N3CCC4(CC3)CCN(c3ccc([C@@H]5c6ccc(O)cc6CC[C@@H]5c5ccccc5)cc3)CC4)cc1)=N[C@@H](C)c1nnc(C)n1-2. The van der Waals surface area contributed by atoms with E-state index in [9.17, 15) is 5.11 Å². The van der Waals surface area contributed by atoms with Gasteiger partial charge in [-0.05, 0) is 142 Å². The standard InChI is InChI=1S/C49H52N6OS/c1-31-33(3)57-48-44(31)46(50-32(2)47-52-51-34(4)55(47)48)37-12-17-40(18-13-37)54-28-24-49(25-29-54)22-26-53(27-23-49)39-15-10-36(11-16-39)45-42(35-8-6-5-7-9-35)20-14-38-30-41(56)19-21-43(38)45/h5-13,15-19,21,30,32,42,45,56H,14,20,22-29H2,1-4H3/t32-,42+,45-/m0/s1. The molecule has 7 nitrogen and oxygen atoms in total. The molecule has 2 saturated heterocycles. The Morgan fingerprint density at radius 1 is 0.737 bits per heavy atom. The first kappa shape index (κ1) is 36.2. The van der Waals surface area contributed by atoms with E-state index in [0.717, 1.165) is 61.9 Å². The average molecular weight is 773 g/mol. The number of aliphatic imine (C=N–C) groups is 1. The van der Waals surface area contributed by atoms with Gasteiger partial charge in [-0.15, -0.1) is 21.5 Å². The molecule has 5 heterocycles. The van der Waals surface area contributed by atoms with E-state index in [4.69, 9.17) is 4.99 Å². The Hall–Kier alpha value is -5.21. The number of anilines is 2.